The third-order valence-electron chi connectivity index (χ3n) is 4.35. The van der Waals surface area contributed by atoms with E-state index in [9.17, 15) is 26.8 Å². The average molecular weight is 440 g/mol. The molecule has 0 fully saturated rings. The van der Waals surface area contributed by atoms with Gasteiger partial charge in [-0.3, -0.25) is 9.59 Å². The molecule has 2 amide bonds. The van der Waals surface area contributed by atoms with Gasteiger partial charge in [-0.25, -0.2) is 17.2 Å². The molecule has 154 valence electrons. The molecule has 1 unspecified atom stereocenters. The number of benzene rings is 2. The van der Waals surface area contributed by atoms with Gasteiger partial charge in [-0.05, 0) is 37.3 Å². The van der Waals surface area contributed by atoms with Gasteiger partial charge in [-0.1, -0.05) is 0 Å². The van der Waals surface area contributed by atoms with Gasteiger partial charge in [0.1, 0.15) is 11.6 Å². The van der Waals surface area contributed by atoms with E-state index in [4.69, 9.17) is 0 Å². The predicted octanol–water partition coefficient (Wildman–Crippen LogP) is 3.59. The van der Waals surface area contributed by atoms with Crippen molar-refractivity contribution in [2.45, 2.75) is 34.8 Å². The highest BCUT2D eigenvalue weighted by atomic mass is 32.2. The summed E-state index contributed by atoms with van der Waals surface area (Å²) in [5.41, 5.74) is 0.0569. The topological polar surface area (TPSA) is 92.3 Å². The molecule has 29 heavy (non-hydrogen) atoms. The Bertz CT molecular complexity index is 1070. The smallest absolute Gasteiger partial charge is 0.225 e. The Labute approximate surface area is 171 Å². The lowest BCUT2D eigenvalue weighted by Gasteiger charge is -2.15. The van der Waals surface area contributed by atoms with Gasteiger partial charge < -0.3 is 10.6 Å². The molecule has 1 atom stereocenters. The van der Waals surface area contributed by atoms with E-state index in [0.29, 0.717) is 17.9 Å². The predicted molar refractivity (Wildman–Crippen MR) is 107 cm³/mol. The van der Waals surface area contributed by atoms with Crippen LogP contribution in [0.3, 0.4) is 0 Å². The van der Waals surface area contributed by atoms with Crippen molar-refractivity contribution in [1.29, 1.82) is 0 Å². The Morgan fingerprint density at radius 1 is 1.24 bits per heavy atom. The fraction of sp³-hybridized carbons (Fsp3) is 0.263. The summed E-state index contributed by atoms with van der Waals surface area (Å²) in [6, 6.07) is 7.02. The molecule has 0 aromatic heterocycles. The Balaban J connectivity index is 1.76. The zero-order valence-electron chi connectivity index (χ0n) is 15.4. The summed E-state index contributed by atoms with van der Waals surface area (Å²) >= 11 is 1.45. The molecule has 0 bridgehead atoms. The van der Waals surface area contributed by atoms with Crippen LogP contribution in [-0.4, -0.2) is 31.2 Å². The largest absolute Gasteiger partial charge is 0.325 e. The number of fused-ring (bicyclic) bond motifs is 1. The first kappa shape index (κ1) is 21.3. The first-order valence-corrected chi connectivity index (χ1v) is 11.3. The number of nitrogens with one attached hydrogen (secondary N) is 2. The van der Waals surface area contributed by atoms with E-state index in [1.165, 1.54) is 30.8 Å². The lowest BCUT2D eigenvalue weighted by molar-refractivity contribution is -0.116. The number of anilines is 2. The number of amides is 2. The van der Waals surface area contributed by atoms with Crippen molar-refractivity contribution in [3.05, 3.63) is 48.0 Å². The van der Waals surface area contributed by atoms with Crippen LogP contribution < -0.4 is 10.6 Å². The number of carbonyl (C=O) groups excluding carboxylic acids is 2. The quantitative estimate of drug-likeness (QED) is 0.741. The van der Waals surface area contributed by atoms with Crippen LogP contribution in [0, 0.1) is 11.6 Å². The van der Waals surface area contributed by atoms with Crippen LogP contribution in [0.2, 0.25) is 0 Å². The van der Waals surface area contributed by atoms with Crippen LogP contribution in [0.15, 0.2) is 46.2 Å². The van der Waals surface area contributed by atoms with Crippen molar-refractivity contribution in [1.82, 2.24) is 0 Å². The summed E-state index contributed by atoms with van der Waals surface area (Å²) in [5.74, 6) is -1.92. The molecule has 2 N–H and O–H groups in total. The molecule has 1 heterocycles. The van der Waals surface area contributed by atoms with Gasteiger partial charge in [0.15, 0.2) is 9.84 Å². The zero-order chi connectivity index (χ0) is 21.2. The molecule has 1 aliphatic heterocycles. The van der Waals surface area contributed by atoms with Gasteiger partial charge in [0, 0.05) is 29.6 Å². The van der Waals surface area contributed by atoms with Crippen LogP contribution >= 0.6 is 11.8 Å². The summed E-state index contributed by atoms with van der Waals surface area (Å²) in [4.78, 5) is 24.6. The highest BCUT2D eigenvalue weighted by molar-refractivity contribution is 7.99. The maximum atomic E-state index is 13.7. The molecule has 2 aromatic carbocycles. The van der Waals surface area contributed by atoms with Gasteiger partial charge in [0.2, 0.25) is 11.8 Å². The maximum absolute atomic E-state index is 13.7. The lowest BCUT2D eigenvalue weighted by atomic mass is 10.2. The van der Waals surface area contributed by atoms with Gasteiger partial charge in [0.05, 0.1) is 21.5 Å². The third kappa shape index (κ3) is 4.94. The van der Waals surface area contributed by atoms with E-state index < -0.39 is 39.0 Å². The normalized spacial score (nSPS) is 15.1. The molecule has 6 nitrogen and oxygen atoms in total. The van der Waals surface area contributed by atoms with Crippen LogP contribution in [0.4, 0.5) is 20.2 Å². The van der Waals surface area contributed by atoms with Crippen LogP contribution in [0.1, 0.15) is 19.8 Å². The van der Waals surface area contributed by atoms with Crippen molar-refractivity contribution in [3.63, 3.8) is 0 Å². The number of hydrogen-bond acceptors (Lipinski definition) is 5. The Kier molecular flexibility index (Phi) is 6.23. The number of sulfone groups is 1. The summed E-state index contributed by atoms with van der Waals surface area (Å²) in [6.45, 7) is 1.36. The zero-order valence-corrected chi connectivity index (χ0v) is 17.0. The van der Waals surface area contributed by atoms with Crippen molar-refractivity contribution >= 4 is 44.8 Å². The molecule has 3 rings (SSSR count). The molecule has 0 spiro atoms. The Morgan fingerprint density at radius 3 is 2.76 bits per heavy atom. The minimum Gasteiger partial charge on any atom is -0.325 e. The second kappa shape index (κ2) is 8.50. The Hall–Kier alpha value is -2.46. The van der Waals surface area contributed by atoms with E-state index in [2.05, 4.69) is 10.6 Å². The molecule has 0 radical (unpaired) electrons. The van der Waals surface area contributed by atoms with Crippen LogP contribution in [-0.2, 0) is 19.4 Å². The van der Waals surface area contributed by atoms with E-state index in [1.807, 2.05) is 0 Å². The number of thioether (sulfide) groups is 1. The molecule has 0 aliphatic carbocycles. The maximum Gasteiger partial charge on any atom is 0.225 e. The lowest BCUT2D eigenvalue weighted by Crippen LogP contribution is -2.25. The third-order valence-corrected chi connectivity index (χ3v) is 7.56. The fourth-order valence-electron chi connectivity index (χ4n) is 2.77. The number of rotatable bonds is 5. The van der Waals surface area contributed by atoms with Crippen molar-refractivity contribution < 1.29 is 26.8 Å². The van der Waals surface area contributed by atoms with Gasteiger partial charge in [-0.2, -0.15) is 0 Å². The monoisotopic (exact) mass is 440 g/mol. The molecule has 10 heteroatoms. The SMILES string of the molecule is CC(CC(=O)Nc1cc(F)ccc1F)S(=O)(=O)c1ccc2c(c1)NC(=O)CCS2. The van der Waals surface area contributed by atoms with E-state index >= 15 is 0 Å². The van der Waals surface area contributed by atoms with Crippen LogP contribution in [0.25, 0.3) is 0 Å². The highest BCUT2D eigenvalue weighted by Gasteiger charge is 2.27. The number of hydrogen-bond donors (Lipinski definition) is 2. The van der Waals surface area contributed by atoms with Crippen molar-refractivity contribution in [2.24, 2.45) is 0 Å². The second-order valence-corrected chi connectivity index (χ2v) is 10.0. The van der Waals surface area contributed by atoms with E-state index in [-0.39, 0.29) is 16.5 Å². The number of carbonyl (C=O) groups is 2. The van der Waals surface area contributed by atoms with Gasteiger partial charge in [-0.15, -0.1) is 11.8 Å². The number of halogens is 2. The fourth-order valence-corrected chi connectivity index (χ4v) is 5.09. The summed E-state index contributed by atoms with van der Waals surface area (Å²) < 4.78 is 52.6. The minimum absolute atomic E-state index is 0.0312. The molecule has 1 aliphatic rings. The average Bonchev–Trinajstić information content (AvgIpc) is 2.84. The standard InChI is InChI=1S/C19H18F2N2O4S2/c1-11(8-19(25)22-15-9-12(20)2-4-14(15)21)29(26,27)13-3-5-17-16(10-13)23-18(24)6-7-28-17/h2-5,9-11H,6-8H2,1H3,(H,22,25)(H,23,24). The van der Waals surface area contributed by atoms with E-state index in [0.717, 1.165) is 23.1 Å². The van der Waals surface area contributed by atoms with Crippen molar-refractivity contribution in [3.8, 4) is 0 Å². The summed E-state index contributed by atoms with van der Waals surface area (Å²) in [6.07, 6.45) is -0.120. The van der Waals surface area contributed by atoms with Gasteiger partial charge >= 0.3 is 0 Å². The van der Waals surface area contributed by atoms with Crippen molar-refractivity contribution in [2.75, 3.05) is 16.4 Å². The highest BCUT2D eigenvalue weighted by Crippen LogP contribution is 2.33. The van der Waals surface area contributed by atoms with Crippen LogP contribution in [0.5, 0.6) is 0 Å². The first-order chi connectivity index (χ1) is 13.7. The first-order valence-electron chi connectivity index (χ1n) is 8.72. The minimum atomic E-state index is -3.90. The molecule has 2 aromatic rings. The molecular formula is C19H18F2N2O4S2. The second-order valence-electron chi connectivity index (χ2n) is 6.54. The summed E-state index contributed by atoms with van der Waals surface area (Å²) in [5, 5.41) is 3.75. The van der Waals surface area contributed by atoms with E-state index in [1.54, 1.807) is 6.07 Å². The molecule has 0 saturated carbocycles. The summed E-state index contributed by atoms with van der Waals surface area (Å²) in [7, 11) is -3.90. The Morgan fingerprint density at radius 2 is 2.00 bits per heavy atom. The van der Waals surface area contributed by atoms with Gasteiger partial charge in [0.25, 0.3) is 0 Å². The molecular weight excluding hydrogens is 422 g/mol. The molecule has 0 saturated heterocycles.